The lowest BCUT2D eigenvalue weighted by Crippen LogP contribution is -2.53. The van der Waals surface area contributed by atoms with Crippen LogP contribution in [0.4, 0.5) is 4.79 Å². The highest BCUT2D eigenvalue weighted by Crippen LogP contribution is 2.18. The van der Waals surface area contributed by atoms with Gasteiger partial charge in [0.1, 0.15) is 0 Å². The van der Waals surface area contributed by atoms with E-state index in [1.807, 2.05) is 25.3 Å². The highest BCUT2D eigenvalue weighted by molar-refractivity contribution is 5.74. The van der Waals surface area contributed by atoms with E-state index in [1.165, 1.54) is 0 Å². The third kappa shape index (κ3) is 5.76. The molecule has 0 aromatic carbocycles. The van der Waals surface area contributed by atoms with Crippen molar-refractivity contribution in [2.45, 2.75) is 51.7 Å². The van der Waals surface area contributed by atoms with E-state index >= 15 is 0 Å². The van der Waals surface area contributed by atoms with Gasteiger partial charge in [-0.1, -0.05) is 19.9 Å². The van der Waals surface area contributed by atoms with Crippen LogP contribution in [0.1, 0.15) is 38.8 Å². The van der Waals surface area contributed by atoms with Gasteiger partial charge in [-0.3, -0.25) is 9.88 Å². The molecule has 3 N–H and O–H groups in total. The minimum Gasteiger partial charge on any atom is -0.396 e. The number of nitrogens with zero attached hydrogens (tertiary/aromatic N) is 2. The van der Waals surface area contributed by atoms with Crippen LogP contribution < -0.4 is 10.6 Å². The van der Waals surface area contributed by atoms with Gasteiger partial charge in [-0.05, 0) is 37.3 Å². The first-order valence-corrected chi connectivity index (χ1v) is 8.92. The summed E-state index contributed by atoms with van der Waals surface area (Å²) in [5.74, 6) is 0.395. The largest absolute Gasteiger partial charge is 0.396 e. The summed E-state index contributed by atoms with van der Waals surface area (Å²) < 4.78 is 0. The summed E-state index contributed by atoms with van der Waals surface area (Å²) in [5, 5.41) is 15.1. The molecule has 6 nitrogen and oxygen atoms in total. The van der Waals surface area contributed by atoms with Crippen molar-refractivity contribution in [1.82, 2.24) is 20.5 Å². The Morgan fingerprint density at radius 1 is 1.50 bits per heavy atom. The number of hydrogen-bond donors (Lipinski definition) is 3. The summed E-state index contributed by atoms with van der Waals surface area (Å²) in [6, 6.07) is 6.10. The second-order valence-corrected chi connectivity index (χ2v) is 6.66. The normalized spacial score (nSPS) is 22.8. The van der Waals surface area contributed by atoms with Crippen molar-refractivity contribution < 1.29 is 9.90 Å². The molecule has 1 fully saturated rings. The third-order valence-corrected chi connectivity index (χ3v) is 4.72. The number of carbonyl (C=O) groups is 1. The summed E-state index contributed by atoms with van der Waals surface area (Å²) in [6.07, 6.45) is 4.19. The predicted molar refractivity (Wildman–Crippen MR) is 94.5 cm³/mol. The van der Waals surface area contributed by atoms with Gasteiger partial charge in [0.25, 0.3) is 0 Å². The summed E-state index contributed by atoms with van der Waals surface area (Å²) in [6.45, 7) is 7.06. The SMILES string of the molecule is CCC(CCO)NC(=O)NC1CCN(Cc2ccccn2)CC1C. The molecule has 0 aliphatic carbocycles. The number of urea groups is 1. The average Bonchev–Trinajstić information content (AvgIpc) is 2.58. The summed E-state index contributed by atoms with van der Waals surface area (Å²) in [5.41, 5.74) is 1.09. The molecule has 2 heterocycles. The van der Waals surface area contributed by atoms with Crippen LogP contribution in [0.15, 0.2) is 24.4 Å². The van der Waals surface area contributed by atoms with Crippen LogP contribution in [0.2, 0.25) is 0 Å². The maximum absolute atomic E-state index is 12.1. The molecule has 1 aliphatic heterocycles. The van der Waals surface area contributed by atoms with Crippen LogP contribution in [0, 0.1) is 5.92 Å². The van der Waals surface area contributed by atoms with Gasteiger partial charge in [0.15, 0.2) is 0 Å². The average molecular weight is 334 g/mol. The van der Waals surface area contributed by atoms with Gasteiger partial charge in [0.05, 0.1) is 5.69 Å². The van der Waals surface area contributed by atoms with E-state index in [9.17, 15) is 4.79 Å². The Morgan fingerprint density at radius 2 is 2.33 bits per heavy atom. The minimum atomic E-state index is -0.120. The molecule has 3 atom stereocenters. The number of nitrogens with one attached hydrogen (secondary N) is 2. The van der Waals surface area contributed by atoms with Gasteiger partial charge < -0.3 is 15.7 Å². The lowest BCUT2D eigenvalue weighted by molar-refractivity contribution is 0.140. The van der Waals surface area contributed by atoms with Crippen LogP contribution in [0.3, 0.4) is 0 Å². The Kier molecular flexibility index (Phi) is 7.46. The van der Waals surface area contributed by atoms with Crippen LogP contribution in [-0.4, -0.2) is 52.8 Å². The smallest absolute Gasteiger partial charge is 0.315 e. The molecule has 134 valence electrons. The molecule has 3 unspecified atom stereocenters. The monoisotopic (exact) mass is 334 g/mol. The van der Waals surface area contributed by atoms with E-state index < -0.39 is 0 Å². The Labute approximate surface area is 144 Å². The molecule has 6 heteroatoms. The first-order valence-electron chi connectivity index (χ1n) is 8.92. The fourth-order valence-electron chi connectivity index (χ4n) is 3.24. The van der Waals surface area contributed by atoms with E-state index in [0.717, 1.165) is 38.2 Å². The fraction of sp³-hybridized carbons (Fsp3) is 0.667. The highest BCUT2D eigenvalue weighted by Gasteiger charge is 2.27. The molecule has 0 saturated carbocycles. The number of hydrogen-bond acceptors (Lipinski definition) is 4. The van der Waals surface area contributed by atoms with Crippen molar-refractivity contribution in [3.63, 3.8) is 0 Å². The van der Waals surface area contributed by atoms with E-state index in [2.05, 4.69) is 33.5 Å². The Balaban J connectivity index is 1.77. The Bertz CT molecular complexity index is 497. The number of likely N-dealkylation sites (tertiary alicyclic amines) is 1. The molecule has 1 aromatic heterocycles. The molecule has 24 heavy (non-hydrogen) atoms. The topological polar surface area (TPSA) is 77.5 Å². The Hall–Kier alpha value is -1.66. The van der Waals surface area contributed by atoms with Crippen molar-refractivity contribution in [2.24, 2.45) is 5.92 Å². The molecule has 1 saturated heterocycles. The number of amides is 2. The second kappa shape index (κ2) is 9.59. The number of aromatic nitrogens is 1. The van der Waals surface area contributed by atoms with Crippen molar-refractivity contribution in [3.8, 4) is 0 Å². The zero-order valence-electron chi connectivity index (χ0n) is 14.7. The van der Waals surface area contributed by atoms with Crippen LogP contribution in [0.5, 0.6) is 0 Å². The first-order chi connectivity index (χ1) is 11.6. The summed E-state index contributed by atoms with van der Waals surface area (Å²) in [4.78, 5) is 18.9. The van der Waals surface area contributed by atoms with E-state index in [0.29, 0.717) is 12.3 Å². The molecule has 1 aromatic rings. The van der Waals surface area contributed by atoms with Gasteiger partial charge in [0, 0.05) is 44.5 Å². The lowest BCUT2D eigenvalue weighted by atomic mass is 9.94. The highest BCUT2D eigenvalue weighted by atomic mass is 16.3. The van der Waals surface area contributed by atoms with E-state index in [4.69, 9.17) is 5.11 Å². The summed E-state index contributed by atoms with van der Waals surface area (Å²) in [7, 11) is 0. The molecule has 0 radical (unpaired) electrons. The number of rotatable bonds is 7. The Morgan fingerprint density at radius 3 is 2.96 bits per heavy atom. The number of aliphatic hydroxyl groups excluding tert-OH is 1. The minimum absolute atomic E-state index is 0.0366. The van der Waals surface area contributed by atoms with Crippen molar-refractivity contribution in [1.29, 1.82) is 0 Å². The van der Waals surface area contributed by atoms with Gasteiger partial charge in [-0.2, -0.15) is 0 Å². The molecule has 0 spiro atoms. The van der Waals surface area contributed by atoms with Crippen molar-refractivity contribution in [2.75, 3.05) is 19.7 Å². The number of pyridine rings is 1. The molecular weight excluding hydrogens is 304 g/mol. The van der Waals surface area contributed by atoms with E-state index in [1.54, 1.807) is 0 Å². The molecule has 2 amide bonds. The van der Waals surface area contributed by atoms with Gasteiger partial charge in [-0.25, -0.2) is 4.79 Å². The number of carbonyl (C=O) groups excluding carboxylic acids is 1. The lowest BCUT2D eigenvalue weighted by Gasteiger charge is -2.37. The van der Waals surface area contributed by atoms with E-state index in [-0.39, 0.29) is 24.7 Å². The predicted octanol–water partition coefficient (Wildman–Crippen LogP) is 1.75. The van der Waals surface area contributed by atoms with Gasteiger partial charge in [0.2, 0.25) is 0 Å². The zero-order valence-corrected chi connectivity index (χ0v) is 14.7. The number of aliphatic hydroxyl groups is 1. The van der Waals surface area contributed by atoms with Crippen LogP contribution in [0.25, 0.3) is 0 Å². The maximum Gasteiger partial charge on any atom is 0.315 e. The molecular formula is C18H30N4O2. The maximum atomic E-state index is 12.1. The van der Waals surface area contributed by atoms with Crippen LogP contribution >= 0.6 is 0 Å². The quantitative estimate of drug-likeness (QED) is 0.710. The summed E-state index contributed by atoms with van der Waals surface area (Å²) >= 11 is 0. The fourth-order valence-corrected chi connectivity index (χ4v) is 3.24. The number of piperidine rings is 1. The van der Waals surface area contributed by atoms with Gasteiger partial charge >= 0.3 is 6.03 Å². The van der Waals surface area contributed by atoms with Crippen LogP contribution in [-0.2, 0) is 6.54 Å². The second-order valence-electron chi connectivity index (χ2n) is 6.66. The van der Waals surface area contributed by atoms with Crippen molar-refractivity contribution >= 4 is 6.03 Å². The third-order valence-electron chi connectivity index (χ3n) is 4.72. The van der Waals surface area contributed by atoms with Crippen molar-refractivity contribution in [3.05, 3.63) is 30.1 Å². The standard InChI is InChI=1S/C18H30N4O2/c1-3-15(8-11-23)20-18(24)21-17-7-10-22(12-14(17)2)13-16-6-4-5-9-19-16/h4-6,9,14-15,17,23H,3,7-8,10-13H2,1-2H3,(H2,20,21,24). The molecule has 1 aliphatic rings. The zero-order chi connectivity index (χ0) is 17.4. The molecule has 2 rings (SSSR count). The van der Waals surface area contributed by atoms with Gasteiger partial charge in [-0.15, -0.1) is 0 Å². The first kappa shape index (κ1) is 18.7. The molecule has 0 bridgehead atoms.